The molecule has 24 heavy (non-hydrogen) atoms. The van der Waals surface area contributed by atoms with Gasteiger partial charge in [0, 0.05) is 0 Å². The van der Waals surface area contributed by atoms with Gasteiger partial charge in [0.05, 0.1) is 0 Å². The van der Waals surface area contributed by atoms with E-state index in [1.807, 2.05) is 0 Å². The molecule has 0 nitrogen and oxygen atoms in total. The summed E-state index contributed by atoms with van der Waals surface area (Å²) >= 11 is 0. The van der Waals surface area contributed by atoms with Crippen molar-refractivity contribution >= 4 is 21.5 Å². The van der Waals surface area contributed by atoms with Gasteiger partial charge >= 0.3 is 25.8 Å². The maximum absolute atomic E-state index is 2.36. The molecule has 0 saturated heterocycles. The SMILES string of the molecule is [CH3-].[CH3-].[Hf+4].c1cc2cc3c(cc2[cH-]1)CCC3.c1ccc2[cH-]ccc2c1. The van der Waals surface area contributed by atoms with E-state index in [1.54, 1.807) is 11.1 Å². The molecule has 0 atom stereocenters. The molecular formula is C23H24Hf. The summed E-state index contributed by atoms with van der Waals surface area (Å²) in [6.07, 6.45) is 3.93. The van der Waals surface area contributed by atoms with Crippen LogP contribution in [0.4, 0.5) is 0 Å². The van der Waals surface area contributed by atoms with Crippen molar-refractivity contribution in [1.82, 2.24) is 0 Å². The molecule has 0 radical (unpaired) electrons. The minimum atomic E-state index is 0. The topological polar surface area (TPSA) is 0 Å². The molecular weight excluding hydrogens is 455 g/mol. The van der Waals surface area contributed by atoms with Gasteiger partial charge in [-0.3, -0.25) is 0 Å². The molecule has 0 fully saturated rings. The summed E-state index contributed by atoms with van der Waals surface area (Å²) in [5.74, 6) is 0. The third-order valence-corrected chi connectivity index (χ3v) is 4.40. The van der Waals surface area contributed by atoms with Crippen LogP contribution in [0.5, 0.6) is 0 Å². The van der Waals surface area contributed by atoms with Gasteiger partial charge in [-0.25, -0.2) is 0 Å². The van der Waals surface area contributed by atoms with Crippen molar-refractivity contribution < 1.29 is 25.8 Å². The van der Waals surface area contributed by atoms with E-state index < -0.39 is 0 Å². The van der Waals surface area contributed by atoms with Crippen molar-refractivity contribution in [2.75, 3.05) is 0 Å². The fourth-order valence-electron chi connectivity index (χ4n) is 3.28. The van der Waals surface area contributed by atoms with Crippen LogP contribution >= 0.6 is 0 Å². The van der Waals surface area contributed by atoms with Gasteiger partial charge in [0.2, 0.25) is 0 Å². The molecule has 0 unspecified atom stereocenters. The summed E-state index contributed by atoms with van der Waals surface area (Å²) in [6, 6.07) is 25.9. The normalized spacial score (nSPS) is 11.5. The molecule has 1 aliphatic rings. The number of aryl methyl sites for hydroxylation is 2. The predicted molar refractivity (Wildman–Crippen MR) is 104 cm³/mol. The first-order chi connectivity index (χ1) is 10.4. The summed E-state index contributed by atoms with van der Waals surface area (Å²) in [7, 11) is 0. The number of hydrogen-bond donors (Lipinski definition) is 0. The average Bonchev–Trinajstić information content (AvgIpc) is 3.24. The second-order valence-electron chi connectivity index (χ2n) is 5.78. The third kappa shape index (κ3) is 4.13. The fraction of sp³-hybridized carbons (Fsp3) is 0.130. The molecule has 0 spiro atoms. The van der Waals surface area contributed by atoms with Crippen molar-refractivity contribution in [3.05, 3.63) is 98.8 Å². The first-order valence-corrected chi connectivity index (χ1v) is 7.68. The molecule has 0 saturated carbocycles. The maximum atomic E-state index is 2.36. The molecule has 1 heteroatoms. The summed E-state index contributed by atoms with van der Waals surface area (Å²) in [4.78, 5) is 0. The molecule has 120 valence electrons. The van der Waals surface area contributed by atoms with E-state index in [1.165, 1.54) is 40.8 Å². The van der Waals surface area contributed by atoms with E-state index >= 15 is 0 Å². The Morgan fingerprint density at radius 1 is 0.667 bits per heavy atom. The minimum absolute atomic E-state index is 0. The molecule has 0 heterocycles. The van der Waals surface area contributed by atoms with Crippen LogP contribution in [0.15, 0.2) is 72.8 Å². The second-order valence-corrected chi connectivity index (χ2v) is 5.78. The van der Waals surface area contributed by atoms with E-state index in [9.17, 15) is 0 Å². The van der Waals surface area contributed by atoms with E-state index in [0.29, 0.717) is 0 Å². The predicted octanol–water partition coefficient (Wildman–Crippen LogP) is 6.50. The van der Waals surface area contributed by atoms with E-state index in [-0.39, 0.29) is 40.7 Å². The molecule has 0 amide bonds. The quantitative estimate of drug-likeness (QED) is 0.200. The number of fused-ring (bicyclic) bond motifs is 3. The third-order valence-electron chi connectivity index (χ3n) is 4.40. The first-order valence-electron chi connectivity index (χ1n) is 7.68. The molecule has 0 aromatic heterocycles. The van der Waals surface area contributed by atoms with Crippen LogP contribution in [-0.4, -0.2) is 0 Å². The van der Waals surface area contributed by atoms with Crippen molar-refractivity contribution in [2.24, 2.45) is 0 Å². The standard InChI is InChI=1S/C12H11.C9H7.2CH3.Hf/c1-3-9-7-11-5-2-6-12(11)8-10(9)4-1;1-2-5-9-7-3-6-8(9)4-1;;;/h1,3-4,7-8H,2,5-6H2;1-7H;2*1H3;/q4*-1;+4. The molecule has 0 bridgehead atoms. The molecule has 1 aliphatic carbocycles. The van der Waals surface area contributed by atoms with Gasteiger partial charge in [-0.05, 0) is 19.3 Å². The molecule has 5 rings (SSSR count). The Hall–Kier alpha value is -1.47. The number of benzene rings is 2. The van der Waals surface area contributed by atoms with Gasteiger partial charge in [0.15, 0.2) is 0 Å². The van der Waals surface area contributed by atoms with E-state index in [2.05, 4.69) is 72.8 Å². The average molecular weight is 479 g/mol. The zero-order valence-corrected chi connectivity index (χ0v) is 18.1. The van der Waals surface area contributed by atoms with Crippen molar-refractivity contribution in [2.45, 2.75) is 19.3 Å². The van der Waals surface area contributed by atoms with Gasteiger partial charge in [-0.1, -0.05) is 17.2 Å². The maximum Gasteiger partial charge on any atom is 4.00 e. The molecule has 0 N–H and O–H groups in total. The summed E-state index contributed by atoms with van der Waals surface area (Å²) in [5, 5.41) is 5.49. The van der Waals surface area contributed by atoms with Crippen LogP contribution in [0, 0.1) is 14.9 Å². The first kappa shape index (κ1) is 20.6. The zero-order valence-electron chi connectivity index (χ0n) is 14.5. The minimum Gasteiger partial charge on any atom is -0.358 e. The van der Waals surface area contributed by atoms with Gasteiger partial charge < -0.3 is 14.9 Å². The van der Waals surface area contributed by atoms with Crippen LogP contribution in [-0.2, 0) is 38.7 Å². The van der Waals surface area contributed by atoms with Crippen LogP contribution in [0.3, 0.4) is 0 Å². The van der Waals surface area contributed by atoms with Crippen LogP contribution < -0.4 is 0 Å². The van der Waals surface area contributed by atoms with E-state index in [4.69, 9.17) is 0 Å². The van der Waals surface area contributed by atoms with Crippen LogP contribution in [0.1, 0.15) is 17.5 Å². The van der Waals surface area contributed by atoms with Gasteiger partial charge in [-0.2, -0.15) is 29.7 Å². The van der Waals surface area contributed by atoms with E-state index in [0.717, 1.165) is 0 Å². The van der Waals surface area contributed by atoms with Gasteiger partial charge in [0.25, 0.3) is 0 Å². The van der Waals surface area contributed by atoms with Crippen LogP contribution in [0.2, 0.25) is 0 Å². The van der Waals surface area contributed by atoms with Crippen molar-refractivity contribution in [3.8, 4) is 0 Å². The summed E-state index contributed by atoms with van der Waals surface area (Å²) in [5.41, 5.74) is 3.16. The second kappa shape index (κ2) is 9.13. The molecule has 4 aromatic carbocycles. The Balaban J connectivity index is 0.000000220. The number of hydrogen-bond acceptors (Lipinski definition) is 0. The van der Waals surface area contributed by atoms with Crippen molar-refractivity contribution in [3.63, 3.8) is 0 Å². The Morgan fingerprint density at radius 3 is 2.04 bits per heavy atom. The van der Waals surface area contributed by atoms with Crippen molar-refractivity contribution in [1.29, 1.82) is 0 Å². The Bertz CT molecular complexity index is 811. The Labute approximate surface area is 165 Å². The summed E-state index contributed by atoms with van der Waals surface area (Å²) in [6.45, 7) is 0. The molecule has 4 aromatic rings. The largest absolute Gasteiger partial charge is 4.00 e. The summed E-state index contributed by atoms with van der Waals surface area (Å²) < 4.78 is 0. The monoisotopic (exact) mass is 480 g/mol. The Morgan fingerprint density at radius 2 is 1.29 bits per heavy atom. The number of rotatable bonds is 0. The van der Waals surface area contributed by atoms with Crippen LogP contribution in [0.25, 0.3) is 21.5 Å². The smallest absolute Gasteiger partial charge is 0.358 e. The Kier molecular flexibility index (Phi) is 7.83. The van der Waals surface area contributed by atoms with Gasteiger partial charge in [0.1, 0.15) is 0 Å². The zero-order chi connectivity index (χ0) is 14.1. The molecule has 0 aliphatic heterocycles. The van der Waals surface area contributed by atoms with Gasteiger partial charge in [-0.15, -0.1) is 58.6 Å². The fourth-order valence-corrected chi connectivity index (χ4v) is 3.28.